The molecule has 414 valence electrons. The Hall–Kier alpha value is -5.54. The number of anilines is 3. The van der Waals surface area contributed by atoms with E-state index in [0.29, 0.717) is 160 Å². The van der Waals surface area contributed by atoms with Crippen molar-refractivity contribution < 1.29 is 46.5 Å². The minimum Gasteiger partial charge on any atom is -0.457 e. The summed E-state index contributed by atoms with van der Waals surface area (Å²) in [5, 5.41) is 20.0. The topological polar surface area (TPSA) is 317 Å². The normalized spacial score (nSPS) is 15.9. The van der Waals surface area contributed by atoms with Gasteiger partial charge in [0.1, 0.15) is 31.0 Å². The van der Waals surface area contributed by atoms with Gasteiger partial charge in [-0.2, -0.15) is 28.1 Å². The Bertz CT molecular complexity index is 2190. The van der Waals surface area contributed by atoms with Crippen LogP contribution in [0, 0.1) is 18.3 Å². The molecule has 5 heterocycles. The maximum atomic E-state index is 14.2. The number of carbonyl (C=O) groups excluding carboxylic acids is 3. The van der Waals surface area contributed by atoms with Crippen LogP contribution in [0.25, 0.3) is 0 Å². The highest BCUT2D eigenvalue weighted by atomic mass is 35.5. The molecule has 3 aromatic heterocycles. The Balaban J connectivity index is 0.0000119. The molecule has 74 heavy (non-hydrogen) atoms. The second-order valence-corrected chi connectivity index (χ2v) is 18.1. The number of aromatic nitrogens is 9. The van der Waals surface area contributed by atoms with Gasteiger partial charge in [0.15, 0.2) is 0 Å². The Morgan fingerprint density at radius 1 is 0.716 bits per heavy atom. The number of carbonyl (C=O) groups is 3. The van der Waals surface area contributed by atoms with Gasteiger partial charge in [0, 0.05) is 58.9 Å². The number of nitrogens with two attached hydrogens (primary N) is 4. The van der Waals surface area contributed by atoms with Gasteiger partial charge in [-0.05, 0) is 64.0 Å². The Kier molecular flexibility index (Phi) is 25.9. The molecular weight excluding hydrogens is 997 g/mol. The number of ether oxygens (including phenoxy) is 4. The molecule has 0 bridgehead atoms. The fourth-order valence-corrected chi connectivity index (χ4v) is 8.09. The smallest absolute Gasteiger partial charge is 0.457 e. The lowest BCUT2D eigenvalue weighted by atomic mass is 10.0. The second-order valence-electron chi connectivity index (χ2n) is 18.1. The molecule has 4 atom stereocenters. The van der Waals surface area contributed by atoms with Crippen LogP contribution in [0.3, 0.4) is 0 Å². The van der Waals surface area contributed by atoms with Crippen molar-refractivity contribution in [2.45, 2.75) is 89.1 Å². The molecule has 9 N–H and O–H groups in total. The van der Waals surface area contributed by atoms with E-state index in [4.69, 9.17) is 58.5 Å². The first-order valence-corrected chi connectivity index (χ1v) is 24.9. The third-order valence-electron chi connectivity index (χ3n) is 12.1. The first kappa shape index (κ1) is 61.0. The zero-order chi connectivity index (χ0) is 52.8. The molecule has 2 aliphatic rings. The zero-order valence-electron chi connectivity index (χ0n) is 42.3. The molecule has 0 radical (unpaired) electrons. The average molecular weight is 1070 g/mol. The van der Waals surface area contributed by atoms with Crippen molar-refractivity contribution in [2.75, 3.05) is 133 Å². The van der Waals surface area contributed by atoms with Crippen molar-refractivity contribution in [3.05, 3.63) is 23.8 Å². The summed E-state index contributed by atoms with van der Waals surface area (Å²) in [6, 6.07) is -2.90. The number of hydrogen-bond donors (Lipinski definition) is 5. The van der Waals surface area contributed by atoms with E-state index in [1.807, 2.05) is 14.7 Å². The van der Waals surface area contributed by atoms with E-state index in [9.17, 15) is 27.6 Å². The zero-order valence-corrected chi connectivity index (χ0v) is 43.1. The summed E-state index contributed by atoms with van der Waals surface area (Å²) in [7, 11) is 0. The van der Waals surface area contributed by atoms with Gasteiger partial charge in [0.2, 0.25) is 29.7 Å². The standard InChI is InChI=1S/C45H73F3N18O7.ClH/c1-4-22-70-24-26-72-27-25-71-23-13-53-42-54-43(63-18-14-61(15-19-63)39(67)37(9-5-7-11-49)65-29-35(57-59-65)33(51)28-32(2)3)56-44(55-42)64-20-16-62(17-21-64)40(68)38(10-6-8-12-50)66-30-36(58-60-66)34(52)31-73-41(69)45(46,47)48;/h1,29-30,32-34,37-38H,5-28,31,49-52H2,2-3H3,(H,53,54,55,56);1H/t33?,34?,37-,38-;/m0./s1. The molecule has 29 heteroatoms. The molecule has 2 unspecified atom stereocenters. The molecule has 2 saturated heterocycles. The summed E-state index contributed by atoms with van der Waals surface area (Å²) < 4.78 is 61.9. The van der Waals surface area contributed by atoms with Crippen LogP contribution in [-0.4, -0.2) is 197 Å². The van der Waals surface area contributed by atoms with Crippen molar-refractivity contribution in [3.8, 4) is 12.3 Å². The molecule has 2 aliphatic heterocycles. The van der Waals surface area contributed by atoms with E-state index in [-0.39, 0.29) is 42.6 Å². The van der Waals surface area contributed by atoms with E-state index in [1.54, 1.807) is 15.8 Å². The van der Waals surface area contributed by atoms with Gasteiger partial charge in [-0.1, -0.05) is 30.2 Å². The summed E-state index contributed by atoms with van der Waals surface area (Å²) in [6.07, 6.45) is 7.52. The molecule has 3 aromatic rings. The van der Waals surface area contributed by atoms with Crippen LogP contribution in [-0.2, 0) is 33.3 Å². The lowest BCUT2D eigenvalue weighted by Crippen LogP contribution is -2.52. The van der Waals surface area contributed by atoms with E-state index in [1.165, 1.54) is 10.9 Å². The molecule has 0 spiro atoms. The van der Waals surface area contributed by atoms with Crippen molar-refractivity contribution in [3.63, 3.8) is 0 Å². The van der Waals surface area contributed by atoms with Crippen LogP contribution in [0.15, 0.2) is 12.4 Å². The number of halogens is 4. The molecule has 0 aliphatic carbocycles. The number of hydrogen-bond acceptors (Lipinski definition) is 21. The van der Waals surface area contributed by atoms with Gasteiger partial charge in [0.25, 0.3) is 0 Å². The summed E-state index contributed by atoms with van der Waals surface area (Å²) in [6.45, 7) is 9.71. The van der Waals surface area contributed by atoms with E-state index < -0.39 is 36.9 Å². The quantitative estimate of drug-likeness (QED) is 0.0337. The lowest BCUT2D eigenvalue weighted by molar-refractivity contribution is -0.200. The predicted molar refractivity (Wildman–Crippen MR) is 269 cm³/mol. The first-order chi connectivity index (χ1) is 35.1. The number of alkyl halides is 3. The maximum Gasteiger partial charge on any atom is 0.490 e. The number of amides is 2. The number of esters is 1. The molecule has 25 nitrogen and oxygen atoms in total. The van der Waals surface area contributed by atoms with Gasteiger partial charge in [-0.25, -0.2) is 14.2 Å². The minimum absolute atomic E-state index is 0. The third-order valence-corrected chi connectivity index (χ3v) is 12.1. The summed E-state index contributed by atoms with van der Waals surface area (Å²) in [5.41, 5.74) is 24.7. The molecule has 5 rings (SSSR count). The number of nitrogens with zero attached hydrogens (tertiary/aromatic N) is 13. The van der Waals surface area contributed by atoms with Crippen molar-refractivity contribution in [2.24, 2.45) is 28.9 Å². The van der Waals surface area contributed by atoms with Gasteiger partial charge < -0.3 is 66.8 Å². The third kappa shape index (κ3) is 19.0. The SMILES string of the molecule is C#CCOCCOCCOCCNc1nc(N2CCN(C(=O)[C@H](CCCCN)n3cc(C(N)COC(=O)C(F)(F)F)nn3)CC2)nc(N2CCN(C(=O)[C@H](CCCCN)n3cc(C(N)CC(C)C)nn3)CC2)n1.Cl. The van der Waals surface area contributed by atoms with E-state index in [0.717, 1.165) is 19.3 Å². The molecule has 2 fully saturated rings. The fraction of sp³-hybridized carbons (Fsp3) is 0.733. The van der Waals surface area contributed by atoms with Crippen LogP contribution >= 0.6 is 12.4 Å². The highest BCUT2D eigenvalue weighted by Gasteiger charge is 2.41. The Labute approximate surface area is 435 Å². The van der Waals surface area contributed by atoms with Crippen molar-refractivity contribution in [1.29, 1.82) is 0 Å². The molecular formula is C45H74ClF3N18O7. The highest BCUT2D eigenvalue weighted by molar-refractivity contribution is 5.85. The predicted octanol–water partition coefficient (Wildman–Crippen LogP) is 0.760. The van der Waals surface area contributed by atoms with Gasteiger partial charge in [-0.15, -0.1) is 29.0 Å². The highest BCUT2D eigenvalue weighted by Crippen LogP contribution is 2.26. The van der Waals surface area contributed by atoms with Crippen LogP contribution in [0.5, 0.6) is 0 Å². The fourth-order valence-electron chi connectivity index (χ4n) is 8.09. The van der Waals surface area contributed by atoms with Gasteiger partial charge >= 0.3 is 12.1 Å². The number of terminal acetylenes is 1. The van der Waals surface area contributed by atoms with Gasteiger partial charge in [0.05, 0.1) is 63.2 Å². The Morgan fingerprint density at radius 3 is 1.65 bits per heavy atom. The van der Waals surface area contributed by atoms with Crippen LogP contribution in [0.4, 0.5) is 31.0 Å². The van der Waals surface area contributed by atoms with Crippen LogP contribution < -0.4 is 38.1 Å². The average Bonchev–Trinajstić information content (AvgIpc) is 4.08. The summed E-state index contributed by atoms with van der Waals surface area (Å²) in [4.78, 5) is 61.7. The van der Waals surface area contributed by atoms with E-state index in [2.05, 4.69) is 50.4 Å². The molecule has 2 amide bonds. The maximum absolute atomic E-state index is 14.2. The Morgan fingerprint density at radius 2 is 1.19 bits per heavy atom. The van der Waals surface area contributed by atoms with Crippen LogP contribution in [0.1, 0.15) is 94.3 Å². The van der Waals surface area contributed by atoms with Crippen LogP contribution in [0.2, 0.25) is 0 Å². The largest absolute Gasteiger partial charge is 0.490 e. The second kappa shape index (κ2) is 31.4. The first-order valence-electron chi connectivity index (χ1n) is 24.9. The minimum atomic E-state index is -5.18. The monoisotopic (exact) mass is 1070 g/mol. The lowest BCUT2D eigenvalue weighted by Gasteiger charge is -2.38. The van der Waals surface area contributed by atoms with Crippen molar-refractivity contribution >= 4 is 48.0 Å². The molecule has 0 aromatic carbocycles. The number of rotatable bonds is 31. The van der Waals surface area contributed by atoms with Crippen molar-refractivity contribution in [1.82, 2.24) is 54.7 Å². The summed E-state index contributed by atoms with van der Waals surface area (Å²) >= 11 is 0. The van der Waals surface area contributed by atoms with E-state index >= 15 is 0 Å². The molecule has 0 saturated carbocycles. The van der Waals surface area contributed by atoms with Gasteiger partial charge in [-0.3, -0.25) is 9.59 Å². The number of piperazine rings is 2. The number of unbranched alkanes of at least 4 members (excludes halogenated alkanes) is 2. The summed E-state index contributed by atoms with van der Waals surface area (Å²) in [5.74, 6) is 1.19. The number of nitrogens with one attached hydrogen (secondary N) is 1.